The van der Waals surface area contributed by atoms with Crippen LogP contribution in [0.1, 0.15) is 30.0 Å². The van der Waals surface area contributed by atoms with Crippen LogP contribution in [0.25, 0.3) is 0 Å². The smallest absolute Gasteiger partial charge is 0.136 e. The second-order valence-electron chi connectivity index (χ2n) is 4.94. The Hall–Kier alpha value is -1.06. The summed E-state index contributed by atoms with van der Waals surface area (Å²) in [6.45, 7) is 3.54. The summed E-state index contributed by atoms with van der Waals surface area (Å²) in [5.74, 6) is 0.940. The summed E-state index contributed by atoms with van der Waals surface area (Å²) < 4.78 is 11.5. The lowest BCUT2D eigenvalue weighted by molar-refractivity contribution is 0.0235. The van der Waals surface area contributed by atoms with E-state index in [0.29, 0.717) is 6.61 Å². The Kier molecular flexibility index (Phi) is 2.19. The van der Waals surface area contributed by atoms with Gasteiger partial charge in [0, 0.05) is 24.4 Å². The summed E-state index contributed by atoms with van der Waals surface area (Å²) in [5.41, 5.74) is 8.44. The van der Waals surface area contributed by atoms with E-state index in [1.807, 2.05) is 6.07 Å². The number of fused-ring (bicyclic) bond motifs is 1. The fraction of sp³-hybridized carbons (Fsp3) is 0.538. The van der Waals surface area contributed by atoms with Crippen LogP contribution >= 0.6 is 0 Å². The quantitative estimate of drug-likeness (QED) is 0.725. The van der Waals surface area contributed by atoms with Gasteiger partial charge in [-0.2, -0.15) is 0 Å². The van der Waals surface area contributed by atoms with Crippen LogP contribution in [-0.4, -0.2) is 18.8 Å². The average molecular weight is 219 g/mol. The molecular formula is C13H17NO2. The van der Waals surface area contributed by atoms with E-state index in [-0.39, 0.29) is 11.6 Å². The van der Waals surface area contributed by atoms with Gasteiger partial charge >= 0.3 is 0 Å². The van der Waals surface area contributed by atoms with Crippen LogP contribution in [0.15, 0.2) is 18.2 Å². The lowest BCUT2D eigenvalue weighted by Crippen LogP contribution is -2.43. The third-order valence-corrected chi connectivity index (χ3v) is 3.55. The standard InChI is InChI=1S/C13H17NO2/c1-9-2-3-12-10(6-9)11(14)7-13(16-12)4-5-15-8-13/h2-3,6,11H,4-5,7-8,14H2,1H3. The highest BCUT2D eigenvalue weighted by Gasteiger charge is 2.42. The molecule has 1 aromatic rings. The molecule has 16 heavy (non-hydrogen) atoms. The molecule has 2 aliphatic rings. The van der Waals surface area contributed by atoms with Crippen molar-refractivity contribution in [1.29, 1.82) is 0 Å². The Bertz CT molecular complexity index is 410. The van der Waals surface area contributed by atoms with Gasteiger partial charge in [0.05, 0.1) is 13.2 Å². The highest BCUT2D eigenvalue weighted by atomic mass is 16.6. The Morgan fingerprint density at radius 3 is 3.06 bits per heavy atom. The number of nitrogens with two attached hydrogens (primary N) is 1. The maximum absolute atomic E-state index is 6.23. The summed E-state index contributed by atoms with van der Waals surface area (Å²) >= 11 is 0. The van der Waals surface area contributed by atoms with E-state index in [9.17, 15) is 0 Å². The topological polar surface area (TPSA) is 44.5 Å². The number of rotatable bonds is 0. The van der Waals surface area contributed by atoms with E-state index in [2.05, 4.69) is 19.1 Å². The molecule has 1 saturated heterocycles. The van der Waals surface area contributed by atoms with Gasteiger partial charge in [-0.15, -0.1) is 0 Å². The van der Waals surface area contributed by atoms with E-state index < -0.39 is 0 Å². The molecule has 3 heteroatoms. The van der Waals surface area contributed by atoms with E-state index in [4.69, 9.17) is 15.2 Å². The monoisotopic (exact) mass is 219 g/mol. The maximum Gasteiger partial charge on any atom is 0.136 e. The predicted molar refractivity (Wildman–Crippen MR) is 61.5 cm³/mol. The fourth-order valence-electron chi connectivity index (χ4n) is 2.67. The first-order valence-corrected chi connectivity index (χ1v) is 5.81. The van der Waals surface area contributed by atoms with Crippen molar-refractivity contribution in [1.82, 2.24) is 0 Å². The summed E-state index contributed by atoms with van der Waals surface area (Å²) in [7, 11) is 0. The van der Waals surface area contributed by atoms with Crippen LogP contribution in [-0.2, 0) is 4.74 Å². The van der Waals surface area contributed by atoms with Crippen LogP contribution in [0.2, 0.25) is 0 Å². The lowest BCUT2D eigenvalue weighted by Gasteiger charge is -2.37. The Morgan fingerprint density at radius 1 is 1.44 bits per heavy atom. The SMILES string of the molecule is Cc1ccc2c(c1)C(N)CC1(CCOC1)O2. The van der Waals surface area contributed by atoms with Gasteiger partial charge < -0.3 is 15.2 Å². The third-order valence-electron chi connectivity index (χ3n) is 3.55. The van der Waals surface area contributed by atoms with Gasteiger partial charge in [-0.3, -0.25) is 0 Å². The first-order valence-electron chi connectivity index (χ1n) is 5.81. The Labute approximate surface area is 95.5 Å². The van der Waals surface area contributed by atoms with Crippen LogP contribution in [0.5, 0.6) is 5.75 Å². The van der Waals surface area contributed by atoms with Gasteiger partial charge in [-0.05, 0) is 13.0 Å². The van der Waals surface area contributed by atoms with Crippen LogP contribution in [0.4, 0.5) is 0 Å². The molecule has 1 fully saturated rings. The molecule has 3 nitrogen and oxygen atoms in total. The van der Waals surface area contributed by atoms with Crippen molar-refractivity contribution in [2.24, 2.45) is 5.73 Å². The maximum atomic E-state index is 6.23. The molecule has 2 aliphatic heterocycles. The van der Waals surface area contributed by atoms with Crippen LogP contribution < -0.4 is 10.5 Å². The Morgan fingerprint density at radius 2 is 2.31 bits per heavy atom. The largest absolute Gasteiger partial charge is 0.484 e. The summed E-state index contributed by atoms with van der Waals surface area (Å²) in [5, 5.41) is 0. The van der Waals surface area contributed by atoms with Crippen molar-refractivity contribution >= 4 is 0 Å². The molecule has 0 saturated carbocycles. The minimum atomic E-state index is -0.165. The van der Waals surface area contributed by atoms with Gasteiger partial charge in [-0.1, -0.05) is 17.7 Å². The molecule has 0 radical (unpaired) electrons. The molecule has 0 aromatic heterocycles. The number of benzene rings is 1. The first kappa shape index (κ1) is 10.1. The zero-order valence-electron chi connectivity index (χ0n) is 9.53. The molecule has 86 valence electrons. The van der Waals surface area contributed by atoms with E-state index in [1.165, 1.54) is 5.56 Å². The van der Waals surface area contributed by atoms with Gasteiger partial charge in [0.15, 0.2) is 0 Å². The van der Waals surface area contributed by atoms with Crippen molar-refractivity contribution in [3.63, 3.8) is 0 Å². The molecule has 0 amide bonds. The predicted octanol–water partition coefficient (Wildman–Crippen LogP) is 1.94. The fourth-order valence-corrected chi connectivity index (χ4v) is 2.67. The molecule has 1 spiro atoms. The minimum absolute atomic E-state index is 0.0744. The average Bonchev–Trinajstić information content (AvgIpc) is 2.68. The van der Waals surface area contributed by atoms with Crippen molar-refractivity contribution in [2.75, 3.05) is 13.2 Å². The first-order chi connectivity index (χ1) is 7.69. The third kappa shape index (κ3) is 1.51. The van der Waals surface area contributed by atoms with Crippen molar-refractivity contribution in [3.05, 3.63) is 29.3 Å². The summed E-state index contributed by atoms with van der Waals surface area (Å²) in [6, 6.07) is 6.30. The molecule has 2 atom stereocenters. The second-order valence-corrected chi connectivity index (χ2v) is 4.94. The molecule has 3 rings (SSSR count). The molecule has 2 N–H and O–H groups in total. The summed E-state index contributed by atoms with van der Waals surface area (Å²) in [6.07, 6.45) is 1.82. The Balaban J connectivity index is 1.99. The van der Waals surface area contributed by atoms with Gasteiger partial charge in [-0.25, -0.2) is 0 Å². The zero-order valence-corrected chi connectivity index (χ0v) is 9.53. The normalized spacial score (nSPS) is 32.5. The number of aryl methyl sites for hydroxylation is 1. The minimum Gasteiger partial charge on any atom is -0.484 e. The molecule has 0 aliphatic carbocycles. The molecule has 2 unspecified atom stereocenters. The van der Waals surface area contributed by atoms with Gasteiger partial charge in [0.25, 0.3) is 0 Å². The highest BCUT2D eigenvalue weighted by molar-refractivity contribution is 5.41. The molecule has 0 bridgehead atoms. The number of ether oxygens (including phenoxy) is 2. The number of hydrogen-bond donors (Lipinski definition) is 1. The van der Waals surface area contributed by atoms with Crippen molar-refractivity contribution in [3.8, 4) is 5.75 Å². The van der Waals surface area contributed by atoms with Crippen LogP contribution in [0, 0.1) is 6.92 Å². The highest BCUT2D eigenvalue weighted by Crippen LogP contribution is 2.42. The number of hydrogen-bond acceptors (Lipinski definition) is 3. The van der Waals surface area contributed by atoms with Crippen molar-refractivity contribution < 1.29 is 9.47 Å². The van der Waals surface area contributed by atoms with Crippen molar-refractivity contribution in [2.45, 2.75) is 31.4 Å². The van der Waals surface area contributed by atoms with E-state index >= 15 is 0 Å². The molecular weight excluding hydrogens is 202 g/mol. The van der Waals surface area contributed by atoms with E-state index in [0.717, 1.165) is 30.8 Å². The zero-order chi connectivity index (χ0) is 11.2. The summed E-state index contributed by atoms with van der Waals surface area (Å²) in [4.78, 5) is 0. The molecule has 1 aromatic carbocycles. The van der Waals surface area contributed by atoms with Crippen LogP contribution in [0.3, 0.4) is 0 Å². The second kappa shape index (κ2) is 3.47. The lowest BCUT2D eigenvalue weighted by atomic mass is 9.86. The van der Waals surface area contributed by atoms with E-state index in [1.54, 1.807) is 0 Å². The van der Waals surface area contributed by atoms with Gasteiger partial charge in [0.2, 0.25) is 0 Å². The molecule has 2 heterocycles. The van der Waals surface area contributed by atoms with Gasteiger partial charge in [0.1, 0.15) is 11.4 Å².